The second kappa shape index (κ2) is 9.03. The summed E-state index contributed by atoms with van der Waals surface area (Å²) in [7, 11) is 0. The van der Waals surface area contributed by atoms with Crippen LogP contribution in [0.5, 0.6) is 0 Å². The molecule has 0 fully saturated rings. The van der Waals surface area contributed by atoms with Gasteiger partial charge in [0.2, 0.25) is 0 Å². The molecule has 0 aliphatic carbocycles. The largest absolute Gasteiger partial charge is 0.453 e. The molecule has 0 bridgehead atoms. The Balaban J connectivity index is 1.50. The highest BCUT2D eigenvalue weighted by atomic mass is 16.6. The maximum Gasteiger partial charge on any atom is 0.419 e. The van der Waals surface area contributed by atoms with Gasteiger partial charge in [-0.2, -0.15) is 0 Å². The van der Waals surface area contributed by atoms with E-state index in [2.05, 4.69) is 5.32 Å². The standard InChI is InChI=1S/C20H19N3O7/c1-13(19(25)21-14-6-4-7-15(12-14)23(27)28)29-18(24)10-5-11-22-16-8-2-3-9-17(16)30-20(22)26/h2-4,6-9,12-13H,5,10-11H2,1H3,(H,21,25)/t13-/m0/s1. The number of nitrogens with zero attached hydrogens (tertiary/aromatic N) is 2. The molecule has 0 unspecified atom stereocenters. The second-order valence-electron chi connectivity index (χ2n) is 6.52. The van der Waals surface area contributed by atoms with Crippen LogP contribution < -0.4 is 11.1 Å². The Kier molecular flexibility index (Phi) is 6.26. The van der Waals surface area contributed by atoms with E-state index in [0.717, 1.165) is 0 Å². The number of hydrogen-bond acceptors (Lipinski definition) is 7. The SMILES string of the molecule is C[C@H](OC(=O)CCCn1c(=O)oc2ccccc21)C(=O)Nc1cccc([N+](=O)[O-])c1. The lowest BCUT2D eigenvalue weighted by atomic mass is 10.2. The molecule has 3 aromatic rings. The molecule has 1 amide bonds. The zero-order chi connectivity index (χ0) is 21.7. The molecule has 1 aromatic heterocycles. The summed E-state index contributed by atoms with van der Waals surface area (Å²) in [4.78, 5) is 46.3. The second-order valence-corrected chi connectivity index (χ2v) is 6.52. The summed E-state index contributed by atoms with van der Waals surface area (Å²) in [6.45, 7) is 1.66. The number of benzene rings is 2. The normalized spacial score (nSPS) is 11.8. The third-order valence-corrected chi connectivity index (χ3v) is 4.34. The summed E-state index contributed by atoms with van der Waals surface area (Å²) in [5, 5.41) is 13.3. The Bertz CT molecular complexity index is 1150. The van der Waals surface area contributed by atoms with E-state index in [1.807, 2.05) is 0 Å². The number of ether oxygens (including phenoxy) is 1. The number of aromatic nitrogens is 1. The quantitative estimate of drug-likeness (QED) is 0.341. The van der Waals surface area contributed by atoms with Gasteiger partial charge < -0.3 is 14.5 Å². The molecule has 3 rings (SSSR count). The average molecular weight is 413 g/mol. The van der Waals surface area contributed by atoms with Crippen molar-refractivity contribution in [3.63, 3.8) is 0 Å². The molecule has 0 aliphatic rings. The van der Waals surface area contributed by atoms with Gasteiger partial charge in [-0.3, -0.25) is 24.3 Å². The van der Waals surface area contributed by atoms with Crippen molar-refractivity contribution in [1.82, 2.24) is 4.57 Å². The van der Waals surface area contributed by atoms with E-state index < -0.39 is 28.7 Å². The topological polar surface area (TPSA) is 134 Å². The van der Waals surface area contributed by atoms with Crippen molar-refractivity contribution in [2.45, 2.75) is 32.4 Å². The van der Waals surface area contributed by atoms with Crippen molar-refractivity contribution in [1.29, 1.82) is 0 Å². The highest BCUT2D eigenvalue weighted by Gasteiger charge is 2.19. The van der Waals surface area contributed by atoms with Gasteiger partial charge in [-0.05, 0) is 31.5 Å². The number of esters is 1. The third-order valence-electron chi connectivity index (χ3n) is 4.34. The molecule has 0 spiro atoms. The van der Waals surface area contributed by atoms with Crippen LogP contribution in [-0.4, -0.2) is 27.5 Å². The fourth-order valence-corrected chi connectivity index (χ4v) is 2.86. The minimum absolute atomic E-state index is 0.000373. The molecule has 2 aromatic carbocycles. The molecule has 1 heterocycles. The summed E-state index contributed by atoms with van der Waals surface area (Å²) in [5.74, 6) is -1.72. The van der Waals surface area contributed by atoms with Crippen molar-refractivity contribution in [3.8, 4) is 0 Å². The van der Waals surface area contributed by atoms with Crippen LogP contribution in [0.25, 0.3) is 11.1 Å². The van der Waals surface area contributed by atoms with Crippen LogP contribution in [0.1, 0.15) is 19.8 Å². The van der Waals surface area contributed by atoms with Crippen molar-refractivity contribution < 1.29 is 23.7 Å². The minimum atomic E-state index is -1.09. The van der Waals surface area contributed by atoms with Crippen molar-refractivity contribution in [3.05, 3.63) is 69.2 Å². The number of nitro benzene ring substituents is 1. The zero-order valence-electron chi connectivity index (χ0n) is 16.1. The molecule has 156 valence electrons. The average Bonchev–Trinajstić information content (AvgIpc) is 3.03. The number of nitro groups is 1. The first-order valence-corrected chi connectivity index (χ1v) is 9.18. The lowest BCUT2D eigenvalue weighted by molar-refractivity contribution is -0.384. The number of fused-ring (bicyclic) bond motifs is 1. The first-order valence-electron chi connectivity index (χ1n) is 9.18. The van der Waals surface area contributed by atoms with Crippen LogP contribution in [0.15, 0.2) is 57.7 Å². The monoisotopic (exact) mass is 413 g/mol. The number of para-hydroxylation sites is 2. The molecular formula is C20H19N3O7. The van der Waals surface area contributed by atoms with Gasteiger partial charge in [0.25, 0.3) is 11.6 Å². The molecule has 0 aliphatic heterocycles. The van der Waals surface area contributed by atoms with Gasteiger partial charge in [0.15, 0.2) is 11.7 Å². The molecule has 10 heteroatoms. The molecule has 0 radical (unpaired) electrons. The summed E-state index contributed by atoms with van der Waals surface area (Å²) >= 11 is 0. The predicted octanol–water partition coefficient (Wildman–Crippen LogP) is 2.85. The third kappa shape index (κ3) is 4.90. The van der Waals surface area contributed by atoms with E-state index in [1.165, 1.54) is 35.8 Å². The van der Waals surface area contributed by atoms with Crippen LogP contribution in [0.3, 0.4) is 0 Å². The number of anilines is 1. The number of hydrogen-bond donors (Lipinski definition) is 1. The smallest absolute Gasteiger partial charge is 0.419 e. The molecular weight excluding hydrogens is 394 g/mol. The van der Waals surface area contributed by atoms with Gasteiger partial charge >= 0.3 is 11.7 Å². The Morgan fingerprint density at radius 1 is 1.23 bits per heavy atom. The first-order chi connectivity index (χ1) is 14.3. The van der Waals surface area contributed by atoms with Gasteiger partial charge in [0.1, 0.15) is 0 Å². The number of non-ortho nitro benzene ring substituents is 1. The van der Waals surface area contributed by atoms with E-state index in [4.69, 9.17) is 9.15 Å². The van der Waals surface area contributed by atoms with E-state index in [0.29, 0.717) is 17.5 Å². The number of oxazole rings is 1. The number of amides is 1. The number of carbonyl (C=O) groups is 2. The fourth-order valence-electron chi connectivity index (χ4n) is 2.86. The van der Waals surface area contributed by atoms with Gasteiger partial charge in [-0.25, -0.2) is 4.79 Å². The molecule has 0 saturated carbocycles. The molecule has 0 saturated heterocycles. The number of rotatable bonds is 8. The summed E-state index contributed by atoms with van der Waals surface area (Å²) in [6, 6.07) is 12.4. The predicted molar refractivity (Wildman–Crippen MR) is 107 cm³/mol. The molecule has 30 heavy (non-hydrogen) atoms. The van der Waals surface area contributed by atoms with Crippen LogP contribution in [0, 0.1) is 10.1 Å². The van der Waals surface area contributed by atoms with Gasteiger partial charge in [0.05, 0.1) is 10.4 Å². The molecule has 10 nitrogen and oxygen atoms in total. The number of nitrogens with one attached hydrogen (secondary N) is 1. The van der Waals surface area contributed by atoms with Crippen molar-refractivity contribution in [2.24, 2.45) is 0 Å². The number of carbonyl (C=O) groups excluding carboxylic acids is 2. The molecule has 1 N–H and O–H groups in total. The lowest BCUT2D eigenvalue weighted by Gasteiger charge is -2.13. The van der Waals surface area contributed by atoms with Crippen LogP contribution in [0.2, 0.25) is 0 Å². The maximum atomic E-state index is 12.2. The highest BCUT2D eigenvalue weighted by molar-refractivity contribution is 5.95. The van der Waals surface area contributed by atoms with Gasteiger partial charge in [-0.1, -0.05) is 18.2 Å². The van der Waals surface area contributed by atoms with Crippen LogP contribution in [-0.2, 0) is 20.9 Å². The lowest BCUT2D eigenvalue weighted by Crippen LogP contribution is -2.30. The minimum Gasteiger partial charge on any atom is -0.453 e. The fraction of sp³-hybridized carbons (Fsp3) is 0.250. The maximum absolute atomic E-state index is 12.2. The molecule has 1 atom stereocenters. The summed E-state index contributed by atoms with van der Waals surface area (Å²) in [5.41, 5.74) is 1.17. The Morgan fingerprint density at radius 2 is 2.00 bits per heavy atom. The van der Waals surface area contributed by atoms with Crippen molar-refractivity contribution in [2.75, 3.05) is 5.32 Å². The van der Waals surface area contributed by atoms with E-state index in [9.17, 15) is 24.5 Å². The van der Waals surface area contributed by atoms with E-state index >= 15 is 0 Å². The van der Waals surface area contributed by atoms with Crippen molar-refractivity contribution >= 4 is 34.4 Å². The van der Waals surface area contributed by atoms with Gasteiger partial charge in [-0.15, -0.1) is 0 Å². The Labute approximate surface area is 170 Å². The number of aryl methyl sites for hydroxylation is 1. The first kappa shape index (κ1) is 20.8. The van der Waals surface area contributed by atoms with Gasteiger partial charge in [0, 0.05) is 30.8 Å². The highest BCUT2D eigenvalue weighted by Crippen LogP contribution is 2.17. The van der Waals surface area contributed by atoms with Crippen LogP contribution in [0.4, 0.5) is 11.4 Å². The zero-order valence-corrected chi connectivity index (χ0v) is 16.1. The Hall–Kier alpha value is -3.95. The summed E-state index contributed by atoms with van der Waals surface area (Å²) in [6.07, 6.45) is -0.767. The van der Waals surface area contributed by atoms with E-state index in [1.54, 1.807) is 24.3 Å². The Morgan fingerprint density at radius 3 is 2.77 bits per heavy atom. The van der Waals surface area contributed by atoms with Crippen LogP contribution >= 0.6 is 0 Å². The summed E-state index contributed by atoms with van der Waals surface area (Å²) < 4.78 is 11.7. The van der Waals surface area contributed by atoms with E-state index in [-0.39, 0.29) is 24.3 Å².